The van der Waals surface area contributed by atoms with Crippen molar-refractivity contribution in [2.45, 2.75) is 6.42 Å². The number of non-ortho nitro benzene ring substituents is 1. The van der Waals surface area contributed by atoms with Gasteiger partial charge in [-0.2, -0.15) is 0 Å². The Labute approximate surface area is 73.1 Å². The van der Waals surface area contributed by atoms with E-state index in [1.54, 1.807) is 0 Å². The van der Waals surface area contributed by atoms with E-state index >= 15 is 0 Å². The SMILES string of the molecule is O=[N+]([O-])c1cc(F)c2c(c1)CCO2. The zero-order chi connectivity index (χ0) is 9.42. The van der Waals surface area contributed by atoms with Gasteiger partial charge in [0.1, 0.15) is 0 Å². The molecule has 68 valence electrons. The maximum atomic E-state index is 13.1. The molecule has 13 heavy (non-hydrogen) atoms. The van der Waals surface area contributed by atoms with Crippen LogP contribution in [-0.2, 0) is 6.42 Å². The summed E-state index contributed by atoms with van der Waals surface area (Å²) in [5.41, 5.74) is 0.355. The summed E-state index contributed by atoms with van der Waals surface area (Å²) in [5, 5.41) is 10.4. The minimum absolute atomic E-state index is 0.158. The second kappa shape index (κ2) is 2.69. The Morgan fingerprint density at radius 2 is 2.31 bits per heavy atom. The van der Waals surface area contributed by atoms with Crippen LogP contribution in [0.3, 0.4) is 0 Å². The van der Waals surface area contributed by atoms with Crippen LogP contribution >= 0.6 is 0 Å². The molecule has 2 rings (SSSR count). The van der Waals surface area contributed by atoms with Gasteiger partial charge >= 0.3 is 0 Å². The summed E-state index contributed by atoms with van der Waals surface area (Å²) in [6.45, 7) is 0.396. The predicted octanol–water partition coefficient (Wildman–Crippen LogP) is 1.67. The molecular formula is C8H6FNO3. The van der Waals surface area contributed by atoms with Crippen LogP contribution in [0.25, 0.3) is 0 Å². The van der Waals surface area contributed by atoms with E-state index in [0.29, 0.717) is 18.6 Å². The zero-order valence-corrected chi connectivity index (χ0v) is 6.62. The van der Waals surface area contributed by atoms with E-state index in [1.165, 1.54) is 6.07 Å². The van der Waals surface area contributed by atoms with Crippen molar-refractivity contribution in [3.63, 3.8) is 0 Å². The molecule has 0 fully saturated rings. The fraction of sp³-hybridized carbons (Fsp3) is 0.250. The third-order valence-electron chi connectivity index (χ3n) is 1.93. The summed E-state index contributed by atoms with van der Waals surface area (Å²) in [6.07, 6.45) is 0.536. The third-order valence-corrected chi connectivity index (χ3v) is 1.93. The highest BCUT2D eigenvalue weighted by Crippen LogP contribution is 2.32. The first-order chi connectivity index (χ1) is 6.18. The number of benzene rings is 1. The molecule has 0 saturated carbocycles. The number of nitrogens with zero attached hydrogens (tertiary/aromatic N) is 1. The van der Waals surface area contributed by atoms with Gasteiger partial charge in [0, 0.05) is 18.1 Å². The van der Waals surface area contributed by atoms with Crippen LogP contribution < -0.4 is 4.74 Å². The topological polar surface area (TPSA) is 52.4 Å². The normalized spacial score (nSPS) is 13.6. The number of hydrogen-bond donors (Lipinski definition) is 0. The second-order valence-electron chi connectivity index (χ2n) is 2.77. The summed E-state index contributed by atoms with van der Waals surface area (Å²) < 4.78 is 18.0. The Morgan fingerprint density at radius 3 is 3.00 bits per heavy atom. The van der Waals surface area contributed by atoms with Gasteiger partial charge in [0.25, 0.3) is 5.69 Å². The Hall–Kier alpha value is -1.65. The number of fused-ring (bicyclic) bond motifs is 1. The molecule has 1 aromatic carbocycles. The summed E-state index contributed by atoms with van der Waals surface area (Å²) >= 11 is 0. The molecule has 0 aliphatic carbocycles. The number of nitro groups is 1. The predicted molar refractivity (Wildman–Crippen MR) is 42.3 cm³/mol. The Kier molecular flexibility index (Phi) is 1.65. The van der Waals surface area contributed by atoms with Crippen LogP contribution in [0, 0.1) is 15.9 Å². The Morgan fingerprint density at radius 1 is 1.54 bits per heavy atom. The summed E-state index contributed by atoms with van der Waals surface area (Å²) in [4.78, 5) is 9.74. The first-order valence-electron chi connectivity index (χ1n) is 3.78. The quantitative estimate of drug-likeness (QED) is 0.491. The molecule has 0 bridgehead atoms. The van der Waals surface area contributed by atoms with Gasteiger partial charge in [-0.05, 0) is 0 Å². The van der Waals surface area contributed by atoms with Gasteiger partial charge in [-0.15, -0.1) is 0 Å². The third kappa shape index (κ3) is 1.22. The Bertz CT molecular complexity index is 378. The van der Waals surface area contributed by atoms with E-state index < -0.39 is 10.7 Å². The summed E-state index contributed by atoms with van der Waals surface area (Å²) in [7, 11) is 0. The van der Waals surface area contributed by atoms with Gasteiger partial charge in [0.15, 0.2) is 11.6 Å². The molecular weight excluding hydrogens is 177 g/mol. The van der Waals surface area contributed by atoms with Gasteiger partial charge in [-0.25, -0.2) is 4.39 Å². The van der Waals surface area contributed by atoms with Crippen molar-refractivity contribution in [3.8, 4) is 5.75 Å². The van der Waals surface area contributed by atoms with Crippen molar-refractivity contribution in [2.24, 2.45) is 0 Å². The standard InChI is InChI=1S/C8H6FNO3/c9-7-4-6(10(11)12)3-5-1-2-13-8(5)7/h3-4H,1-2H2. The van der Waals surface area contributed by atoms with Crippen LogP contribution in [0.2, 0.25) is 0 Å². The fourth-order valence-corrected chi connectivity index (χ4v) is 1.35. The summed E-state index contributed by atoms with van der Waals surface area (Å²) in [6, 6.07) is 2.23. The zero-order valence-electron chi connectivity index (χ0n) is 6.62. The fourth-order valence-electron chi connectivity index (χ4n) is 1.35. The smallest absolute Gasteiger partial charge is 0.272 e. The number of rotatable bonds is 1. The largest absolute Gasteiger partial charge is 0.490 e. The lowest BCUT2D eigenvalue weighted by Gasteiger charge is -1.99. The van der Waals surface area contributed by atoms with E-state index in [1.807, 2.05) is 0 Å². The minimum Gasteiger partial charge on any atom is -0.490 e. The molecule has 0 saturated heterocycles. The lowest BCUT2D eigenvalue weighted by atomic mass is 10.1. The van der Waals surface area contributed by atoms with E-state index in [2.05, 4.69) is 0 Å². The van der Waals surface area contributed by atoms with Gasteiger partial charge in [0.05, 0.1) is 17.6 Å². The molecule has 0 radical (unpaired) electrons. The monoisotopic (exact) mass is 183 g/mol. The van der Waals surface area contributed by atoms with Crippen molar-refractivity contribution in [1.29, 1.82) is 0 Å². The van der Waals surface area contributed by atoms with Crippen molar-refractivity contribution in [2.75, 3.05) is 6.61 Å². The maximum absolute atomic E-state index is 13.1. The van der Waals surface area contributed by atoms with Gasteiger partial charge < -0.3 is 4.74 Å². The van der Waals surface area contributed by atoms with E-state index in [0.717, 1.165) is 6.07 Å². The second-order valence-corrected chi connectivity index (χ2v) is 2.77. The number of halogens is 1. The van der Waals surface area contributed by atoms with Crippen molar-refractivity contribution in [1.82, 2.24) is 0 Å². The van der Waals surface area contributed by atoms with Crippen molar-refractivity contribution >= 4 is 5.69 Å². The molecule has 4 nitrogen and oxygen atoms in total. The lowest BCUT2D eigenvalue weighted by Crippen LogP contribution is -1.92. The minimum atomic E-state index is -0.651. The highest BCUT2D eigenvalue weighted by Gasteiger charge is 2.21. The first-order valence-corrected chi connectivity index (χ1v) is 3.78. The maximum Gasteiger partial charge on any atom is 0.272 e. The molecule has 0 unspecified atom stereocenters. The van der Waals surface area contributed by atoms with Gasteiger partial charge in [-0.3, -0.25) is 10.1 Å². The van der Waals surface area contributed by atoms with E-state index in [4.69, 9.17) is 4.74 Å². The summed E-state index contributed by atoms with van der Waals surface area (Å²) in [5.74, 6) is -0.493. The van der Waals surface area contributed by atoms with Crippen molar-refractivity contribution < 1.29 is 14.1 Å². The molecule has 1 aliphatic rings. The van der Waals surface area contributed by atoms with E-state index in [9.17, 15) is 14.5 Å². The lowest BCUT2D eigenvalue weighted by molar-refractivity contribution is -0.385. The number of ether oxygens (including phenoxy) is 1. The van der Waals surface area contributed by atoms with Crippen LogP contribution in [-0.4, -0.2) is 11.5 Å². The average Bonchev–Trinajstić information content (AvgIpc) is 2.51. The first kappa shape index (κ1) is 7.97. The molecule has 5 heteroatoms. The molecule has 1 aliphatic heterocycles. The van der Waals surface area contributed by atoms with Crippen LogP contribution in [0.15, 0.2) is 12.1 Å². The van der Waals surface area contributed by atoms with Gasteiger partial charge in [-0.1, -0.05) is 0 Å². The van der Waals surface area contributed by atoms with Crippen LogP contribution in [0.1, 0.15) is 5.56 Å². The molecule has 1 heterocycles. The molecule has 0 atom stereocenters. The molecule has 0 aromatic heterocycles. The van der Waals surface area contributed by atoms with Crippen LogP contribution in [0.5, 0.6) is 5.75 Å². The van der Waals surface area contributed by atoms with Crippen molar-refractivity contribution in [3.05, 3.63) is 33.6 Å². The van der Waals surface area contributed by atoms with E-state index in [-0.39, 0.29) is 11.4 Å². The number of hydrogen-bond acceptors (Lipinski definition) is 3. The highest BCUT2D eigenvalue weighted by molar-refractivity contribution is 5.46. The molecule has 0 spiro atoms. The average molecular weight is 183 g/mol. The highest BCUT2D eigenvalue weighted by atomic mass is 19.1. The number of nitro benzene ring substituents is 1. The molecule has 0 amide bonds. The molecule has 0 N–H and O–H groups in total. The molecule has 1 aromatic rings. The van der Waals surface area contributed by atoms with Crippen LogP contribution in [0.4, 0.5) is 10.1 Å². The Balaban J connectivity index is 2.55. The van der Waals surface area contributed by atoms with Gasteiger partial charge in [0.2, 0.25) is 0 Å².